The molecule has 5 nitrogen and oxygen atoms in total. The van der Waals surface area contributed by atoms with E-state index in [9.17, 15) is 9.59 Å². The van der Waals surface area contributed by atoms with Crippen molar-refractivity contribution in [2.45, 2.75) is 45.2 Å². The number of amides is 2. The second kappa shape index (κ2) is 5.26. The first-order valence-electron chi connectivity index (χ1n) is 6.82. The first kappa shape index (κ1) is 13.3. The first-order valence-corrected chi connectivity index (χ1v) is 6.82. The summed E-state index contributed by atoms with van der Waals surface area (Å²) in [6, 6.07) is -0.148. The molecule has 0 saturated carbocycles. The second-order valence-corrected chi connectivity index (χ2v) is 5.82. The average Bonchev–Trinajstić information content (AvgIpc) is 2.36. The zero-order valence-electron chi connectivity index (χ0n) is 11.2. The molecule has 2 aliphatic heterocycles. The summed E-state index contributed by atoms with van der Waals surface area (Å²) >= 11 is 0. The van der Waals surface area contributed by atoms with Gasteiger partial charge in [-0.05, 0) is 24.7 Å². The molecule has 3 N–H and O–H groups in total. The number of likely N-dealkylation sites (tertiary alicyclic amines) is 1. The SMILES string of the molecule is CC(C)[C@@H](N)C(=O)N1CCC2NC(=O)CCC2C1. The summed E-state index contributed by atoms with van der Waals surface area (Å²) in [5, 5.41) is 3.02. The Hall–Kier alpha value is -1.10. The molecule has 2 unspecified atom stereocenters. The zero-order chi connectivity index (χ0) is 13.3. The van der Waals surface area contributed by atoms with Crippen molar-refractivity contribution in [3.63, 3.8) is 0 Å². The predicted octanol–water partition coefficient (Wildman–Crippen LogP) is 0.0968. The van der Waals surface area contributed by atoms with Gasteiger partial charge in [-0.15, -0.1) is 0 Å². The lowest BCUT2D eigenvalue weighted by atomic mass is 9.84. The van der Waals surface area contributed by atoms with Gasteiger partial charge < -0.3 is 16.0 Å². The fourth-order valence-corrected chi connectivity index (χ4v) is 2.81. The van der Waals surface area contributed by atoms with E-state index in [1.165, 1.54) is 0 Å². The molecule has 2 aliphatic rings. The highest BCUT2D eigenvalue weighted by molar-refractivity contribution is 5.82. The van der Waals surface area contributed by atoms with Crippen LogP contribution in [0.3, 0.4) is 0 Å². The average molecular weight is 253 g/mol. The van der Waals surface area contributed by atoms with Gasteiger partial charge in [0.1, 0.15) is 0 Å². The van der Waals surface area contributed by atoms with Crippen molar-refractivity contribution in [1.82, 2.24) is 10.2 Å². The number of nitrogens with two attached hydrogens (primary N) is 1. The van der Waals surface area contributed by atoms with Crippen LogP contribution in [0, 0.1) is 11.8 Å². The highest BCUT2D eigenvalue weighted by atomic mass is 16.2. The number of hydrogen-bond donors (Lipinski definition) is 2. The van der Waals surface area contributed by atoms with Gasteiger partial charge >= 0.3 is 0 Å². The van der Waals surface area contributed by atoms with Crippen LogP contribution >= 0.6 is 0 Å². The normalized spacial score (nSPS) is 29.8. The molecule has 102 valence electrons. The molecule has 0 aromatic heterocycles. The van der Waals surface area contributed by atoms with Gasteiger partial charge in [-0.1, -0.05) is 13.8 Å². The van der Waals surface area contributed by atoms with Crippen molar-refractivity contribution in [3.05, 3.63) is 0 Å². The monoisotopic (exact) mass is 253 g/mol. The molecule has 2 fully saturated rings. The summed E-state index contributed by atoms with van der Waals surface area (Å²) in [5.41, 5.74) is 5.92. The van der Waals surface area contributed by atoms with E-state index >= 15 is 0 Å². The van der Waals surface area contributed by atoms with Crippen LogP contribution in [0.15, 0.2) is 0 Å². The zero-order valence-corrected chi connectivity index (χ0v) is 11.2. The smallest absolute Gasteiger partial charge is 0.239 e. The summed E-state index contributed by atoms with van der Waals surface area (Å²) in [5.74, 6) is 0.774. The van der Waals surface area contributed by atoms with Crippen molar-refractivity contribution < 1.29 is 9.59 Å². The Morgan fingerprint density at radius 2 is 2.17 bits per heavy atom. The minimum absolute atomic E-state index is 0.0559. The summed E-state index contributed by atoms with van der Waals surface area (Å²) in [7, 11) is 0. The molecule has 2 saturated heterocycles. The molecule has 0 aromatic carbocycles. The fraction of sp³-hybridized carbons (Fsp3) is 0.846. The maximum atomic E-state index is 12.2. The Balaban J connectivity index is 1.95. The number of hydrogen-bond acceptors (Lipinski definition) is 3. The van der Waals surface area contributed by atoms with Gasteiger partial charge in [0, 0.05) is 25.6 Å². The minimum atomic E-state index is -0.403. The van der Waals surface area contributed by atoms with Gasteiger partial charge in [-0.25, -0.2) is 0 Å². The number of rotatable bonds is 2. The van der Waals surface area contributed by atoms with E-state index in [4.69, 9.17) is 5.73 Å². The fourth-order valence-electron chi connectivity index (χ4n) is 2.81. The van der Waals surface area contributed by atoms with Crippen molar-refractivity contribution in [3.8, 4) is 0 Å². The number of fused-ring (bicyclic) bond motifs is 1. The van der Waals surface area contributed by atoms with Crippen molar-refractivity contribution in [2.75, 3.05) is 13.1 Å². The van der Waals surface area contributed by atoms with Crippen molar-refractivity contribution in [2.24, 2.45) is 17.6 Å². The van der Waals surface area contributed by atoms with Crippen LogP contribution in [0.4, 0.5) is 0 Å². The van der Waals surface area contributed by atoms with Gasteiger partial charge in [0.25, 0.3) is 0 Å². The lowest BCUT2D eigenvalue weighted by Gasteiger charge is -2.42. The largest absolute Gasteiger partial charge is 0.353 e. The maximum Gasteiger partial charge on any atom is 0.239 e. The van der Waals surface area contributed by atoms with E-state index in [2.05, 4.69) is 5.32 Å². The van der Waals surface area contributed by atoms with E-state index in [-0.39, 0.29) is 23.8 Å². The topological polar surface area (TPSA) is 75.4 Å². The summed E-state index contributed by atoms with van der Waals surface area (Å²) in [4.78, 5) is 25.4. The molecule has 2 heterocycles. The molecule has 18 heavy (non-hydrogen) atoms. The van der Waals surface area contributed by atoms with Crippen LogP contribution in [0.1, 0.15) is 33.1 Å². The van der Waals surface area contributed by atoms with Crippen LogP contribution in [0.2, 0.25) is 0 Å². The Labute approximate surface area is 108 Å². The molecule has 0 aliphatic carbocycles. The molecule has 2 rings (SSSR count). The highest BCUT2D eigenvalue weighted by Gasteiger charge is 2.36. The summed E-state index contributed by atoms with van der Waals surface area (Å²) in [6.45, 7) is 5.39. The molecular weight excluding hydrogens is 230 g/mol. The van der Waals surface area contributed by atoms with Crippen LogP contribution in [0.25, 0.3) is 0 Å². The molecule has 2 amide bonds. The summed E-state index contributed by atoms with van der Waals surface area (Å²) in [6.07, 6.45) is 2.32. The number of carbonyl (C=O) groups is 2. The lowest BCUT2D eigenvalue weighted by molar-refractivity contribution is -0.137. The molecule has 0 aromatic rings. The Morgan fingerprint density at radius 3 is 2.83 bits per heavy atom. The second-order valence-electron chi connectivity index (χ2n) is 5.82. The Kier molecular flexibility index (Phi) is 3.90. The third-order valence-electron chi connectivity index (χ3n) is 4.14. The molecule has 0 spiro atoms. The molecule has 3 atom stereocenters. The first-order chi connectivity index (χ1) is 8.49. The number of carbonyl (C=O) groups excluding carboxylic acids is 2. The Bertz CT molecular complexity index is 343. The van der Waals surface area contributed by atoms with Crippen molar-refractivity contribution >= 4 is 11.8 Å². The van der Waals surface area contributed by atoms with Crippen LogP contribution in [-0.4, -0.2) is 41.9 Å². The molecule has 0 bridgehead atoms. The van der Waals surface area contributed by atoms with E-state index in [0.717, 1.165) is 19.4 Å². The third kappa shape index (κ3) is 2.66. The van der Waals surface area contributed by atoms with E-state index in [1.54, 1.807) is 0 Å². The third-order valence-corrected chi connectivity index (χ3v) is 4.14. The quantitative estimate of drug-likeness (QED) is 0.732. The number of nitrogens with zero attached hydrogens (tertiary/aromatic N) is 1. The minimum Gasteiger partial charge on any atom is -0.353 e. The van der Waals surface area contributed by atoms with E-state index in [0.29, 0.717) is 18.9 Å². The van der Waals surface area contributed by atoms with Gasteiger partial charge in [-0.2, -0.15) is 0 Å². The highest BCUT2D eigenvalue weighted by Crippen LogP contribution is 2.25. The van der Waals surface area contributed by atoms with Crippen LogP contribution < -0.4 is 11.1 Å². The predicted molar refractivity (Wildman–Crippen MR) is 68.7 cm³/mol. The van der Waals surface area contributed by atoms with E-state index < -0.39 is 6.04 Å². The lowest BCUT2D eigenvalue weighted by Crippen LogP contribution is -2.57. The number of nitrogens with one attached hydrogen (secondary N) is 1. The number of piperidine rings is 2. The van der Waals surface area contributed by atoms with Gasteiger partial charge in [0.2, 0.25) is 11.8 Å². The van der Waals surface area contributed by atoms with Gasteiger partial charge in [-0.3, -0.25) is 9.59 Å². The molecular formula is C13H23N3O2. The molecule has 5 heteroatoms. The summed E-state index contributed by atoms with van der Waals surface area (Å²) < 4.78 is 0. The van der Waals surface area contributed by atoms with Crippen LogP contribution in [0.5, 0.6) is 0 Å². The van der Waals surface area contributed by atoms with Gasteiger partial charge in [0.05, 0.1) is 6.04 Å². The van der Waals surface area contributed by atoms with E-state index in [1.807, 2.05) is 18.7 Å². The standard InChI is InChI=1S/C13H23N3O2/c1-8(2)12(14)13(18)16-6-5-10-9(7-16)3-4-11(17)15-10/h8-10,12H,3-7,14H2,1-2H3,(H,15,17)/t9?,10?,12-/m1/s1. The van der Waals surface area contributed by atoms with Crippen molar-refractivity contribution in [1.29, 1.82) is 0 Å². The van der Waals surface area contributed by atoms with Gasteiger partial charge in [0.15, 0.2) is 0 Å². The maximum absolute atomic E-state index is 12.2. The Morgan fingerprint density at radius 1 is 1.44 bits per heavy atom. The van der Waals surface area contributed by atoms with Crippen LogP contribution in [-0.2, 0) is 9.59 Å². The molecule has 0 radical (unpaired) electrons.